The first kappa shape index (κ1) is 21.4. The molecule has 3 N–H and O–H groups in total. The number of carbonyl (C=O) groups is 2. The van der Waals surface area contributed by atoms with Crippen LogP contribution in [-0.4, -0.2) is 30.1 Å². The Morgan fingerprint density at radius 2 is 1.50 bits per heavy atom. The van der Waals surface area contributed by atoms with Crippen molar-refractivity contribution in [2.75, 3.05) is 19.4 Å². The van der Waals surface area contributed by atoms with Crippen LogP contribution < -0.4 is 11.1 Å². The summed E-state index contributed by atoms with van der Waals surface area (Å²) < 4.78 is 7.24. The van der Waals surface area contributed by atoms with E-state index in [0.717, 1.165) is 34.6 Å². The molecule has 32 heavy (non-hydrogen) atoms. The largest absolute Gasteiger partial charge is 0.467 e. The second-order valence-corrected chi connectivity index (χ2v) is 7.82. The number of anilines is 1. The van der Waals surface area contributed by atoms with Gasteiger partial charge in [0.05, 0.1) is 7.11 Å². The number of nitrogens with one attached hydrogen (secondary N) is 1. The fourth-order valence-corrected chi connectivity index (χ4v) is 4.18. The Kier molecular flexibility index (Phi) is 6.40. The molecular formula is C26H27N3O3. The van der Waals surface area contributed by atoms with Crippen LogP contribution in [0.4, 0.5) is 5.69 Å². The number of unbranched alkanes of at least 4 members (excludes halogenated alkanes) is 1. The van der Waals surface area contributed by atoms with Crippen LogP contribution in [0.15, 0.2) is 72.8 Å². The van der Waals surface area contributed by atoms with Crippen molar-refractivity contribution in [1.29, 1.82) is 0 Å². The monoisotopic (exact) mass is 429 g/mol. The van der Waals surface area contributed by atoms with Crippen LogP contribution in [0, 0.1) is 0 Å². The molecule has 0 radical (unpaired) electrons. The van der Waals surface area contributed by atoms with Gasteiger partial charge in [0.2, 0.25) is 0 Å². The van der Waals surface area contributed by atoms with Gasteiger partial charge in [-0.25, -0.2) is 4.79 Å². The number of aromatic nitrogens is 1. The lowest BCUT2D eigenvalue weighted by molar-refractivity contribution is -0.144. The lowest BCUT2D eigenvalue weighted by Gasteiger charge is -2.19. The van der Waals surface area contributed by atoms with Crippen molar-refractivity contribution in [2.45, 2.75) is 25.3 Å². The van der Waals surface area contributed by atoms with Gasteiger partial charge in [-0.15, -0.1) is 0 Å². The highest BCUT2D eigenvalue weighted by Gasteiger charge is 2.25. The minimum Gasteiger partial charge on any atom is -0.467 e. The first-order chi connectivity index (χ1) is 15.6. The highest BCUT2D eigenvalue weighted by molar-refractivity contribution is 6.08. The standard InChI is InChI=1S/C26H27N3O3/c1-32-26(31)24(12-6-7-17-28-25(30)18-13-15-19(27)16-14-18)29-22-10-4-2-8-20(22)21-9-3-5-11-23(21)29/h2-5,8-11,13-16,24H,6-7,12,17,27H2,1H3,(H,28,30)/t24-/m0/s1. The highest BCUT2D eigenvalue weighted by atomic mass is 16.5. The van der Waals surface area contributed by atoms with Crippen molar-refractivity contribution >= 4 is 39.4 Å². The average Bonchev–Trinajstić information content (AvgIpc) is 3.15. The van der Waals surface area contributed by atoms with E-state index >= 15 is 0 Å². The number of amides is 1. The summed E-state index contributed by atoms with van der Waals surface area (Å²) in [5.41, 5.74) is 8.90. The molecule has 0 aliphatic heterocycles. The predicted molar refractivity (Wildman–Crippen MR) is 128 cm³/mol. The number of fused-ring (bicyclic) bond motifs is 3. The van der Waals surface area contributed by atoms with Gasteiger partial charge in [0.1, 0.15) is 6.04 Å². The Labute approximate surface area is 187 Å². The third-order valence-electron chi connectivity index (χ3n) is 5.77. The molecule has 1 atom stereocenters. The van der Waals surface area contributed by atoms with Crippen molar-refractivity contribution < 1.29 is 14.3 Å². The van der Waals surface area contributed by atoms with Crippen LogP contribution in [0.25, 0.3) is 21.8 Å². The van der Waals surface area contributed by atoms with Crippen LogP contribution in [0.2, 0.25) is 0 Å². The first-order valence-corrected chi connectivity index (χ1v) is 10.8. The summed E-state index contributed by atoms with van der Waals surface area (Å²) in [5, 5.41) is 5.16. The van der Waals surface area contributed by atoms with Gasteiger partial charge in [0.25, 0.3) is 5.91 Å². The summed E-state index contributed by atoms with van der Waals surface area (Å²) in [6, 6.07) is 22.6. The zero-order chi connectivity index (χ0) is 22.5. The number of hydrogen-bond acceptors (Lipinski definition) is 4. The molecule has 4 rings (SSSR count). The number of nitrogens with zero attached hydrogens (tertiary/aromatic N) is 1. The molecule has 1 heterocycles. The molecule has 6 nitrogen and oxygen atoms in total. The molecule has 0 aliphatic carbocycles. The second kappa shape index (κ2) is 9.56. The summed E-state index contributed by atoms with van der Waals surface area (Å²) in [6.07, 6.45) is 2.14. The van der Waals surface area contributed by atoms with Crippen LogP contribution in [-0.2, 0) is 9.53 Å². The van der Waals surface area contributed by atoms with Gasteiger partial charge in [-0.1, -0.05) is 36.4 Å². The molecule has 4 aromatic rings. The minimum absolute atomic E-state index is 0.128. The van der Waals surface area contributed by atoms with Gasteiger partial charge in [-0.3, -0.25) is 4.79 Å². The Morgan fingerprint density at radius 1 is 0.906 bits per heavy atom. The Morgan fingerprint density at radius 3 is 2.09 bits per heavy atom. The van der Waals surface area contributed by atoms with E-state index in [1.54, 1.807) is 24.3 Å². The van der Waals surface area contributed by atoms with Crippen LogP contribution in [0.1, 0.15) is 35.7 Å². The molecule has 0 unspecified atom stereocenters. The summed E-state index contributed by atoms with van der Waals surface area (Å²) in [7, 11) is 1.43. The Hall–Kier alpha value is -3.80. The van der Waals surface area contributed by atoms with Crippen molar-refractivity contribution in [3.8, 4) is 0 Å². The molecule has 6 heteroatoms. The molecule has 0 spiro atoms. The van der Waals surface area contributed by atoms with Gasteiger partial charge in [-0.2, -0.15) is 0 Å². The maximum atomic E-state index is 12.8. The normalized spacial score (nSPS) is 12.0. The van der Waals surface area contributed by atoms with E-state index < -0.39 is 6.04 Å². The summed E-state index contributed by atoms with van der Waals surface area (Å²) in [4.78, 5) is 25.0. The number of nitrogen functional groups attached to an aromatic ring is 1. The summed E-state index contributed by atoms with van der Waals surface area (Å²) in [5.74, 6) is -0.390. The van der Waals surface area contributed by atoms with Crippen LogP contribution in [0.5, 0.6) is 0 Å². The number of carbonyl (C=O) groups excluding carboxylic acids is 2. The zero-order valence-electron chi connectivity index (χ0n) is 18.1. The smallest absolute Gasteiger partial charge is 0.328 e. The Bertz CT molecular complexity index is 1190. The minimum atomic E-state index is -0.433. The first-order valence-electron chi connectivity index (χ1n) is 10.8. The molecule has 1 aromatic heterocycles. The third kappa shape index (κ3) is 4.30. The van der Waals surface area contributed by atoms with E-state index in [0.29, 0.717) is 24.2 Å². The van der Waals surface area contributed by atoms with E-state index in [1.165, 1.54) is 7.11 Å². The fourth-order valence-electron chi connectivity index (χ4n) is 4.18. The molecule has 0 saturated heterocycles. The maximum absolute atomic E-state index is 12.8. The van der Waals surface area contributed by atoms with E-state index in [1.807, 2.05) is 36.4 Å². The molecule has 0 fully saturated rings. The number of hydrogen-bond donors (Lipinski definition) is 2. The number of para-hydroxylation sites is 2. The zero-order valence-corrected chi connectivity index (χ0v) is 18.1. The van der Waals surface area contributed by atoms with E-state index in [9.17, 15) is 9.59 Å². The molecule has 0 bridgehead atoms. The molecule has 164 valence electrons. The molecular weight excluding hydrogens is 402 g/mol. The molecule has 1 amide bonds. The van der Waals surface area contributed by atoms with Crippen molar-refractivity contribution in [2.24, 2.45) is 0 Å². The number of benzene rings is 3. The third-order valence-corrected chi connectivity index (χ3v) is 5.77. The molecule has 3 aromatic carbocycles. The number of methoxy groups -OCH3 is 1. The van der Waals surface area contributed by atoms with E-state index in [4.69, 9.17) is 10.5 Å². The lowest BCUT2D eigenvalue weighted by Crippen LogP contribution is -2.25. The number of rotatable bonds is 8. The quantitative estimate of drug-likeness (QED) is 0.242. The summed E-state index contributed by atoms with van der Waals surface area (Å²) >= 11 is 0. The summed E-state index contributed by atoms with van der Waals surface area (Å²) in [6.45, 7) is 0.532. The van der Waals surface area contributed by atoms with Crippen LogP contribution >= 0.6 is 0 Å². The highest BCUT2D eigenvalue weighted by Crippen LogP contribution is 2.33. The van der Waals surface area contributed by atoms with Crippen LogP contribution in [0.3, 0.4) is 0 Å². The van der Waals surface area contributed by atoms with E-state index in [-0.39, 0.29) is 11.9 Å². The van der Waals surface area contributed by atoms with E-state index in [2.05, 4.69) is 22.0 Å². The second-order valence-electron chi connectivity index (χ2n) is 7.82. The van der Waals surface area contributed by atoms with Gasteiger partial charge in [0, 0.05) is 39.6 Å². The molecule has 0 saturated carbocycles. The predicted octanol–water partition coefficient (Wildman–Crippen LogP) is 4.69. The van der Waals surface area contributed by atoms with Gasteiger partial charge >= 0.3 is 5.97 Å². The van der Waals surface area contributed by atoms with Gasteiger partial charge in [-0.05, 0) is 55.7 Å². The van der Waals surface area contributed by atoms with Gasteiger partial charge in [0.15, 0.2) is 0 Å². The number of nitrogens with two attached hydrogens (primary N) is 1. The molecule has 0 aliphatic rings. The fraction of sp³-hybridized carbons (Fsp3) is 0.231. The van der Waals surface area contributed by atoms with Crippen molar-refractivity contribution in [3.63, 3.8) is 0 Å². The van der Waals surface area contributed by atoms with Crippen molar-refractivity contribution in [1.82, 2.24) is 9.88 Å². The maximum Gasteiger partial charge on any atom is 0.328 e. The average molecular weight is 430 g/mol. The Balaban J connectivity index is 1.46. The van der Waals surface area contributed by atoms with Crippen molar-refractivity contribution in [3.05, 3.63) is 78.4 Å². The SMILES string of the molecule is COC(=O)[C@H](CCCCNC(=O)c1ccc(N)cc1)n1c2ccccc2c2ccccc21. The lowest BCUT2D eigenvalue weighted by atomic mass is 10.1. The number of esters is 1. The number of ether oxygens (including phenoxy) is 1. The topological polar surface area (TPSA) is 86.3 Å². The van der Waals surface area contributed by atoms with Gasteiger partial charge < -0.3 is 20.4 Å².